The Morgan fingerprint density at radius 3 is 2.63 bits per heavy atom. The molecule has 1 saturated carbocycles. The van der Waals surface area contributed by atoms with E-state index in [0.29, 0.717) is 25.4 Å². The molecule has 2 N–H and O–H groups in total. The van der Waals surface area contributed by atoms with Gasteiger partial charge in [-0.25, -0.2) is 0 Å². The number of rotatable bonds is 15. The number of ether oxygens (including phenoxy) is 2. The molecule has 0 spiro atoms. The molecule has 0 aromatic carbocycles. The molecule has 0 unspecified atom stereocenters. The van der Waals surface area contributed by atoms with Crippen molar-refractivity contribution in [3.05, 3.63) is 12.2 Å². The molecule has 0 aromatic rings. The molecule has 5 heteroatoms. The van der Waals surface area contributed by atoms with E-state index in [1.165, 1.54) is 0 Å². The minimum Gasteiger partial charge on any atom is -0.466 e. The summed E-state index contributed by atoms with van der Waals surface area (Å²) in [5.74, 6) is 0.340. The van der Waals surface area contributed by atoms with E-state index >= 15 is 0 Å². The second-order valence-electron chi connectivity index (χ2n) is 9.20. The molecule has 2 rings (SSSR count). The highest BCUT2D eigenvalue weighted by atomic mass is 16.5. The van der Waals surface area contributed by atoms with Gasteiger partial charge in [-0.2, -0.15) is 0 Å². The maximum absolute atomic E-state index is 11.7. The monoisotopic (exact) mass is 424 g/mol. The van der Waals surface area contributed by atoms with Gasteiger partial charge in [0.25, 0.3) is 0 Å². The standard InChI is InChI=1S/C25H44O5/c1-3-5-7-11-19(26)14-15-21-22-17-20(30-24(22)18-23(21)27)12-8-9-13-25(28)29-16-10-6-4-2/h14-15,19-24,26-27H,3-13,16-18H2,1-2H3/b15-14+/t19-,20-,21+,22+,23+,24-/m0/s1. The summed E-state index contributed by atoms with van der Waals surface area (Å²) in [5, 5.41) is 20.6. The number of fused-ring (bicyclic) bond motifs is 1. The number of hydrogen-bond acceptors (Lipinski definition) is 5. The van der Waals surface area contributed by atoms with Crippen molar-refractivity contribution in [1.29, 1.82) is 0 Å². The van der Waals surface area contributed by atoms with E-state index in [9.17, 15) is 15.0 Å². The first-order valence-electron chi connectivity index (χ1n) is 12.4. The Balaban J connectivity index is 1.64. The van der Waals surface area contributed by atoms with Crippen LogP contribution in [0.3, 0.4) is 0 Å². The lowest BCUT2D eigenvalue weighted by Crippen LogP contribution is -2.19. The number of aliphatic hydroxyl groups is 2. The highest BCUT2D eigenvalue weighted by molar-refractivity contribution is 5.69. The van der Waals surface area contributed by atoms with Crippen LogP contribution in [0.1, 0.15) is 97.3 Å². The summed E-state index contributed by atoms with van der Waals surface area (Å²) in [6.45, 7) is 4.85. The van der Waals surface area contributed by atoms with Crippen molar-refractivity contribution in [1.82, 2.24) is 0 Å². The van der Waals surface area contributed by atoms with Crippen molar-refractivity contribution < 1.29 is 24.5 Å². The summed E-state index contributed by atoms with van der Waals surface area (Å²) < 4.78 is 11.5. The van der Waals surface area contributed by atoms with E-state index in [4.69, 9.17) is 9.47 Å². The van der Waals surface area contributed by atoms with Crippen molar-refractivity contribution in [3.8, 4) is 0 Å². The number of hydrogen-bond donors (Lipinski definition) is 2. The molecular formula is C25H44O5. The van der Waals surface area contributed by atoms with Gasteiger partial charge < -0.3 is 19.7 Å². The molecule has 1 aliphatic carbocycles. The van der Waals surface area contributed by atoms with Crippen LogP contribution in [0.5, 0.6) is 0 Å². The quantitative estimate of drug-likeness (QED) is 0.221. The molecule has 5 nitrogen and oxygen atoms in total. The Bertz CT molecular complexity index is 506. The van der Waals surface area contributed by atoms with E-state index in [1.807, 2.05) is 12.2 Å². The van der Waals surface area contributed by atoms with Crippen LogP contribution in [-0.2, 0) is 14.3 Å². The lowest BCUT2D eigenvalue weighted by Gasteiger charge is -2.18. The lowest BCUT2D eigenvalue weighted by atomic mass is 9.89. The molecular weight excluding hydrogens is 380 g/mol. The first-order chi connectivity index (χ1) is 14.5. The number of carbonyl (C=O) groups is 1. The van der Waals surface area contributed by atoms with Gasteiger partial charge in [0.1, 0.15) is 0 Å². The summed E-state index contributed by atoms with van der Waals surface area (Å²) in [7, 11) is 0. The average molecular weight is 425 g/mol. The molecule has 6 atom stereocenters. The Morgan fingerprint density at radius 2 is 1.87 bits per heavy atom. The Kier molecular flexibility index (Phi) is 12.0. The zero-order valence-corrected chi connectivity index (χ0v) is 19.1. The van der Waals surface area contributed by atoms with Gasteiger partial charge in [0.05, 0.1) is 31.0 Å². The van der Waals surface area contributed by atoms with E-state index in [2.05, 4.69) is 13.8 Å². The largest absolute Gasteiger partial charge is 0.466 e. The van der Waals surface area contributed by atoms with Gasteiger partial charge in [0.2, 0.25) is 0 Å². The molecule has 1 aliphatic heterocycles. The molecule has 0 radical (unpaired) electrons. The van der Waals surface area contributed by atoms with Crippen molar-refractivity contribution in [2.24, 2.45) is 11.8 Å². The second-order valence-corrected chi connectivity index (χ2v) is 9.20. The highest BCUT2D eigenvalue weighted by Crippen LogP contribution is 2.45. The third-order valence-corrected chi connectivity index (χ3v) is 6.62. The van der Waals surface area contributed by atoms with E-state index in [1.54, 1.807) is 0 Å². The Labute approximate surface area is 183 Å². The first kappa shape index (κ1) is 25.4. The molecule has 0 amide bonds. The van der Waals surface area contributed by atoms with Crippen LogP contribution in [0.2, 0.25) is 0 Å². The third kappa shape index (κ3) is 8.68. The van der Waals surface area contributed by atoms with Crippen LogP contribution in [0.15, 0.2) is 12.2 Å². The summed E-state index contributed by atoms with van der Waals surface area (Å²) in [4.78, 5) is 11.7. The normalized spacial score (nSPS) is 29.4. The minimum absolute atomic E-state index is 0.0823. The van der Waals surface area contributed by atoms with Gasteiger partial charge in [-0.15, -0.1) is 0 Å². The van der Waals surface area contributed by atoms with Crippen molar-refractivity contribution in [2.45, 2.75) is 122 Å². The van der Waals surface area contributed by atoms with Crippen LogP contribution < -0.4 is 0 Å². The Morgan fingerprint density at radius 1 is 1.10 bits per heavy atom. The summed E-state index contributed by atoms with van der Waals surface area (Å²) in [6.07, 6.45) is 15.7. The van der Waals surface area contributed by atoms with Crippen molar-refractivity contribution in [3.63, 3.8) is 0 Å². The maximum atomic E-state index is 11.7. The van der Waals surface area contributed by atoms with Crippen LogP contribution in [0.4, 0.5) is 0 Å². The van der Waals surface area contributed by atoms with Gasteiger partial charge in [0, 0.05) is 18.8 Å². The summed E-state index contributed by atoms with van der Waals surface area (Å²) in [6, 6.07) is 0. The van der Waals surface area contributed by atoms with E-state index < -0.39 is 6.10 Å². The predicted molar refractivity (Wildman–Crippen MR) is 119 cm³/mol. The predicted octanol–water partition coefficient (Wildman–Crippen LogP) is 4.93. The number of carbonyl (C=O) groups excluding carboxylic acids is 1. The third-order valence-electron chi connectivity index (χ3n) is 6.62. The van der Waals surface area contributed by atoms with Gasteiger partial charge >= 0.3 is 5.97 Å². The van der Waals surface area contributed by atoms with Gasteiger partial charge in [0.15, 0.2) is 0 Å². The molecule has 1 heterocycles. The molecule has 2 fully saturated rings. The molecule has 174 valence electrons. The fourth-order valence-corrected chi connectivity index (χ4v) is 4.84. The molecule has 30 heavy (non-hydrogen) atoms. The van der Waals surface area contributed by atoms with Crippen LogP contribution >= 0.6 is 0 Å². The number of unbranched alkanes of at least 4 members (excludes halogenated alkanes) is 5. The van der Waals surface area contributed by atoms with Crippen LogP contribution in [0.25, 0.3) is 0 Å². The zero-order valence-electron chi connectivity index (χ0n) is 19.1. The molecule has 1 saturated heterocycles. The zero-order chi connectivity index (χ0) is 21.8. The SMILES string of the molecule is CCCCCOC(=O)CCCC[C@H]1C[C@@H]2[C@@H](/C=C/[C@@H](O)CCCCC)[C@H](O)C[C@@H]2O1. The van der Waals surface area contributed by atoms with E-state index in [-0.39, 0.29) is 30.2 Å². The topological polar surface area (TPSA) is 76.0 Å². The van der Waals surface area contributed by atoms with Gasteiger partial charge in [-0.05, 0) is 38.0 Å². The summed E-state index contributed by atoms with van der Waals surface area (Å²) >= 11 is 0. The van der Waals surface area contributed by atoms with Crippen molar-refractivity contribution >= 4 is 5.97 Å². The van der Waals surface area contributed by atoms with Crippen LogP contribution in [-0.4, -0.2) is 47.2 Å². The van der Waals surface area contributed by atoms with Crippen LogP contribution in [0, 0.1) is 11.8 Å². The number of esters is 1. The van der Waals surface area contributed by atoms with Gasteiger partial charge in [-0.1, -0.05) is 64.5 Å². The molecule has 2 aliphatic rings. The maximum Gasteiger partial charge on any atom is 0.305 e. The van der Waals surface area contributed by atoms with E-state index in [0.717, 1.165) is 70.6 Å². The minimum atomic E-state index is -0.414. The lowest BCUT2D eigenvalue weighted by molar-refractivity contribution is -0.143. The first-order valence-corrected chi connectivity index (χ1v) is 12.4. The average Bonchev–Trinajstić information content (AvgIpc) is 3.23. The van der Waals surface area contributed by atoms with Gasteiger partial charge in [-0.3, -0.25) is 4.79 Å². The summed E-state index contributed by atoms with van der Waals surface area (Å²) in [5.41, 5.74) is 0. The fraction of sp³-hybridized carbons (Fsp3) is 0.880. The molecule has 0 aromatic heterocycles. The second kappa shape index (κ2) is 14.2. The smallest absolute Gasteiger partial charge is 0.305 e. The molecule has 0 bridgehead atoms. The van der Waals surface area contributed by atoms with Crippen molar-refractivity contribution in [2.75, 3.05) is 6.61 Å². The fourth-order valence-electron chi connectivity index (χ4n) is 4.84. The Hall–Kier alpha value is -0.910. The number of aliphatic hydroxyl groups excluding tert-OH is 2. The highest BCUT2D eigenvalue weighted by Gasteiger charge is 2.47.